The molecule has 0 unspecified atom stereocenters. The number of hydrogen-bond donors (Lipinski definition) is 14. The van der Waals surface area contributed by atoms with Crippen molar-refractivity contribution in [1.82, 2.24) is 53.2 Å². The number of carboxylic acids is 1. The standard InChI is InChI=1S/C34H55N5O8.C33H55N5O7/c1-9-12-24(36-32(44)26(16-20(5)6)38-30(42)22-13-11-14-23(17-22)34(46)47)31(43)37-25(15-19(3)4)27(40)18-28(41)39-29(21(7)8)33(45)35-10-2;1-9-11-24(35-32(44)26(17-20(5)6)37-30(42)22-12-14-23(39)15-13-22)31(43)36-25(16-19(3)4)27(40)18-28(41)38-29(21(7)8)33(45)34-10-2/h11,13-14,17,19-21,24-27,29,40H,9-10,12,15-16,18H2,1-8H3,(H,35,45)(H,36,44)(H,37,43)(H,38,42)(H,39,41)(H,46,47);12-15,19-21,24-27,29,39-40H,9-11,16-18H2,1-8H3,(H,34,45)(H,35,44)(H,36,43)(H,37,42)(H,38,41)/t2*24-,25-,26-,27-,29-/m00/s1. The number of amides is 10. The second kappa shape index (κ2) is 42.5. The van der Waals surface area contributed by atoms with Crippen LogP contribution in [-0.2, 0) is 38.4 Å². The van der Waals surface area contributed by atoms with Gasteiger partial charge in [-0.05, 0) is 130 Å². The zero-order chi connectivity index (χ0) is 70.1. The van der Waals surface area contributed by atoms with Crippen molar-refractivity contribution in [3.63, 3.8) is 0 Å². The van der Waals surface area contributed by atoms with Crippen molar-refractivity contribution in [1.29, 1.82) is 0 Å². The Hall–Kier alpha value is -7.67. The first-order valence-corrected chi connectivity index (χ1v) is 32.5. The van der Waals surface area contributed by atoms with Crippen LogP contribution < -0.4 is 53.2 Å². The van der Waals surface area contributed by atoms with E-state index < -0.39 is 114 Å². The fourth-order valence-electron chi connectivity index (χ4n) is 9.93. The van der Waals surface area contributed by atoms with Crippen molar-refractivity contribution in [3.05, 3.63) is 65.2 Å². The summed E-state index contributed by atoms with van der Waals surface area (Å²) in [7, 11) is 0. The molecule has 518 valence electrons. The average Bonchev–Trinajstić information content (AvgIpc) is 1.13. The maximum atomic E-state index is 13.5. The molecule has 2 aromatic rings. The molecule has 0 aliphatic carbocycles. The van der Waals surface area contributed by atoms with Crippen LogP contribution in [0.2, 0.25) is 0 Å². The molecule has 25 heteroatoms. The van der Waals surface area contributed by atoms with E-state index in [2.05, 4.69) is 53.2 Å². The number of aromatic carboxylic acids is 1. The maximum Gasteiger partial charge on any atom is 0.335 e. The van der Waals surface area contributed by atoms with E-state index in [0.717, 1.165) is 0 Å². The molecule has 25 nitrogen and oxygen atoms in total. The fraction of sp³-hybridized carbons (Fsp3) is 0.657. The number of aliphatic hydroxyl groups is 2. The van der Waals surface area contributed by atoms with Gasteiger partial charge in [0.05, 0.1) is 42.7 Å². The first-order chi connectivity index (χ1) is 43.1. The Morgan fingerprint density at radius 3 is 1.08 bits per heavy atom. The lowest BCUT2D eigenvalue weighted by Crippen LogP contribution is -2.57. The number of benzene rings is 2. The first kappa shape index (κ1) is 82.3. The van der Waals surface area contributed by atoms with E-state index in [0.29, 0.717) is 51.6 Å². The molecule has 92 heavy (non-hydrogen) atoms. The topological polar surface area (TPSA) is 389 Å². The van der Waals surface area contributed by atoms with Crippen LogP contribution in [0.3, 0.4) is 0 Å². The first-order valence-electron chi connectivity index (χ1n) is 32.5. The van der Waals surface area contributed by atoms with Gasteiger partial charge < -0.3 is 73.6 Å². The van der Waals surface area contributed by atoms with Gasteiger partial charge in [0, 0.05) is 24.2 Å². The molecule has 10 amide bonds. The number of carbonyl (C=O) groups is 11. The lowest BCUT2D eigenvalue weighted by Gasteiger charge is -2.29. The SMILES string of the molecule is CCC[C@H](NC(=O)[C@H](CC(C)C)NC(=O)c1ccc(O)cc1)C(=O)N[C@@H](CC(C)C)[C@@H](O)CC(=O)N[C@H](C(=O)NCC)C(C)C.CCC[C@H](NC(=O)[C@H](CC(C)C)NC(=O)c1cccc(C(=O)O)c1)C(=O)N[C@@H](CC(C)C)[C@@H](O)CC(=O)N[C@H](C(=O)NCC)C(C)C. The van der Waals surface area contributed by atoms with Crippen LogP contribution in [0.5, 0.6) is 5.75 Å². The van der Waals surface area contributed by atoms with Gasteiger partial charge in [-0.1, -0.05) is 116 Å². The molecule has 0 heterocycles. The van der Waals surface area contributed by atoms with E-state index in [9.17, 15) is 73.2 Å². The van der Waals surface area contributed by atoms with Gasteiger partial charge in [0.2, 0.25) is 47.3 Å². The van der Waals surface area contributed by atoms with Crippen molar-refractivity contribution in [3.8, 4) is 5.75 Å². The van der Waals surface area contributed by atoms with Crippen molar-refractivity contribution in [2.75, 3.05) is 13.1 Å². The fourth-order valence-corrected chi connectivity index (χ4v) is 9.93. The number of phenolic OH excluding ortho intramolecular Hbond substituents is 1. The number of phenols is 1. The summed E-state index contributed by atoms with van der Waals surface area (Å²) in [6.07, 6.45) is -0.191. The number of carbonyl (C=O) groups excluding carboxylic acids is 10. The van der Waals surface area contributed by atoms with Crippen LogP contribution in [0.4, 0.5) is 0 Å². The summed E-state index contributed by atoms with van der Waals surface area (Å²) in [4.78, 5) is 142. The third kappa shape index (κ3) is 31.1. The van der Waals surface area contributed by atoms with Gasteiger partial charge in [0.25, 0.3) is 11.8 Å². The molecule has 2 aromatic carbocycles. The van der Waals surface area contributed by atoms with Crippen molar-refractivity contribution in [2.45, 2.75) is 236 Å². The average molecular weight is 1300 g/mol. The number of aliphatic hydroxyl groups excluding tert-OH is 2. The Kier molecular flexibility index (Phi) is 38.0. The molecule has 0 saturated carbocycles. The summed E-state index contributed by atoms with van der Waals surface area (Å²) in [5.41, 5.74) is 0.284. The van der Waals surface area contributed by atoms with Gasteiger partial charge in [-0.15, -0.1) is 0 Å². The summed E-state index contributed by atoms with van der Waals surface area (Å²) in [6, 6.07) is 4.11. The highest BCUT2D eigenvalue weighted by atomic mass is 16.4. The van der Waals surface area contributed by atoms with E-state index in [1.54, 1.807) is 27.7 Å². The molecule has 0 saturated heterocycles. The number of nitrogens with one attached hydrogen (secondary N) is 10. The highest BCUT2D eigenvalue weighted by molar-refractivity contribution is 6.01. The monoisotopic (exact) mass is 1290 g/mol. The van der Waals surface area contributed by atoms with Crippen LogP contribution >= 0.6 is 0 Å². The highest BCUT2D eigenvalue weighted by Crippen LogP contribution is 2.18. The Bertz CT molecular complexity index is 2680. The Balaban J connectivity index is 0.000000921. The zero-order valence-electron chi connectivity index (χ0n) is 57.1. The van der Waals surface area contributed by atoms with Crippen LogP contribution in [-0.4, -0.2) is 159 Å². The van der Waals surface area contributed by atoms with E-state index in [-0.39, 0.29) is 95.4 Å². The van der Waals surface area contributed by atoms with E-state index in [1.165, 1.54) is 48.5 Å². The van der Waals surface area contributed by atoms with Gasteiger partial charge in [-0.25, -0.2) is 4.79 Å². The molecule has 0 aromatic heterocycles. The van der Waals surface area contributed by atoms with E-state index in [4.69, 9.17) is 0 Å². The van der Waals surface area contributed by atoms with Crippen LogP contribution in [0.1, 0.15) is 206 Å². The number of carboxylic acid groups (broad SMARTS) is 1. The van der Waals surface area contributed by atoms with Gasteiger partial charge in [-0.2, -0.15) is 0 Å². The van der Waals surface area contributed by atoms with E-state index >= 15 is 0 Å². The van der Waals surface area contributed by atoms with Crippen molar-refractivity contribution < 1.29 is 73.2 Å². The lowest BCUT2D eigenvalue weighted by atomic mass is 9.95. The predicted octanol–water partition coefficient (Wildman–Crippen LogP) is 4.75. The predicted molar refractivity (Wildman–Crippen MR) is 352 cm³/mol. The summed E-state index contributed by atoms with van der Waals surface area (Å²) in [5.74, 6) is -6.34. The molecule has 0 fully saturated rings. The minimum Gasteiger partial charge on any atom is -0.508 e. The zero-order valence-corrected chi connectivity index (χ0v) is 57.1. The molecule has 2 rings (SSSR count). The molecule has 0 aliphatic heterocycles. The summed E-state index contributed by atoms with van der Waals surface area (Å²) in [5, 5.41) is 68.3. The normalized spacial score (nSPS) is 14.6. The highest BCUT2D eigenvalue weighted by Gasteiger charge is 2.35. The number of aromatic hydroxyl groups is 1. The van der Waals surface area contributed by atoms with Gasteiger partial charge in [-0.3, -0.25) is 47.9 Å². The second-order valence-corrected chi connectivity index (χ2v) is 25.8. The number of likely N-dealkylation sites (N-methyl/N-ethyl adjacent to an activating group) is 2. The van der Waals surface area contributed by atoms with Gasteiger partial charge >= 0.3 is 5.97 Å². The quantitative estimate of drug-likeness (QED) is 0.0429. The molecule has 0 radical (unpaired) electrons. The molecule has 14 N–H and O–H groups in total. The summed E-state index contributed by atoms with van der Waals surface area (Å²) >= 11 is 0. The second-order valence-electron chi connectivity index (χ2n) is 25.8. The maximum absolute atomic E-state index is 13.5. The van der Waals surface area contributed by atoms with Crippen LogP contribution in [0, 0.1) is 35.5 Å². The molecule has 0 aliphatic rings. The van der Waals surface area contributed by atoms with Crippen molar-refractivity contribution in [2.24, 2.45) is 35.5 Å². The number of hydrogen-bond acceptors (Lipinski definition) is 14. The van der Waals surface area contributed by atoms with Gasteiger partial charge in [0.15, 0.2) is 0 Å². The Morgan fingerprint density at radius 2 is 0.750 bits per heavy atom. The lowest BCUT2D eigenvalue weighted by molar-refractivity contribution is -0.132. The molecule has 10 atom stereocenters. The van der Waals surface area contributed by atoms with Crippen LogP contribution in [0.25, 0.3) is 0 Å². The van der Waals surface area contributed by atoms with Crippen molar-refractivity contribution >= 4 is 65.0 Å². The molecular weight excluding hydrogens is 1180 g/mol. The Morgan fingerprint density at radius 1 is 0.402 bits per heavy atom. The molecule has 0 bridgehead atoms. The molecule has 0 spiro atoms. The Labute approximate surface area is 544 Å². The smallest absolute Gasteiger partial charge is 0.335 e. The minimum atomic E-state index is -1.27. The summed E-state index contributed by atoms with van der Waals surface area (Å²) in [6.45, 7) is 30.6. The largest absolute Gasteiger partial charge is 0.508 e. The third-order valence-corrected chi connectivity index (χ3v) is 14.6. The van der Waals surface area contributed by atoms with Gasteiger partial charge in [0.1, 0.15) is 42.0 Å². The minimum absolute atomic E-state index is 0.00471. The number of rotatable bonds is 39. The van der Waals surface area contributed by atoms with Crippen LogP contribution in [0.15, 0.2) is 48.5 Å². The summed E-state index contributed by atoms with van der Waals surface area (Å²) < 4.78 is 0. The van der Waals surface area contributed by atoms with E-state index in [1.807, 2.05) is 83.1 Å². The molecular formula is C67H110N10O15. The third-order valence-electron chi connectivity index (χ3n) is 14.6.